The Morgan fingerprint density at radius 2 is 1.50 bits per heavy atom. The zero-order valence-electron chi connectivity index (χ0n) is 20.9. The molecule has 190 valence electrons. The standard InChI is InChI=1S/C25H40N4O4S/c1-17-7-9-21(10-8-17)27-24(30)20-11-15-29(16-12-20)34(32,33)23-19(3)26-18(2)22(23)25(31)28-13-5-4-6-14-28/h17,20-21,26H,4-16H2,1-3H3,(H,27,30). The van der Waals surface area contributed by atoms with Gasteiger partial charge in [-0.3, -0.25) is 9.59 Å². The number of carbonyl (C=O) groups excluding carboxylic acids is 2. The molecule has 0 aromatic carbocycles. The molecular weight excluding hydrogens is 452 g/mol. The number of aromatic nitrogens is 1. The Morgan fingerprint density at radius 1 is 0.882 bits per heavy atom. The molecular formula is C25H40N4O4S. The lowest BCUT2D eigenvalue weighted by atomic mass is 9.87. The fourth-order valence-corrected chi connectivity index (χ4v) is 7.69. The molecule has 2 amide bonds. The van der Waals surface area contributed by atoms with Gasteiger partial charge in [0, 0.05) is 49.5 Å². The minimum absolute atomic E-state index is 0.0613. The number of hydrogen-bond acceptors (Lipinski definition) is 4. The molecule has 0 atom stereocenters. The molecule has 2 aliphatic heterocycles. The minimum atomic E-state index is -3.85. The van der Waals surface area contributed by atoms with Crippen molar-refractivity contribution in [2.45, 2.75) is 89.5 Å². The van der Waals surface area contributed by atoms with E-state index in [-0.39, 0.29) is 34.2 Å². The Labute approximate surface area is 203 Å². The molecule has 1 aliphatic carbocycles. The van der Waals surface area contributed by atoms with Crippen LogP contribution in [0.4, 0.5) is 0 Å². The number of carbonyl (C=O) groups is 2. The zero-order chi connectivity index (χ0) is 24.5. The first-order valence-corrected chi connectivity index (χ1v) is 14.4. The van der Waals surface area contributed by atoms with Gasteiger partial charge in [0.25, 0.3) is 5.91 Å². The number of H-pyrrole nitrogens is 1. The van der Waals surface area contributed by atoms with Gasteiger partial charge in [0.05, 0.1) is 5.56 Å². The van der Waals surface area contributed by atoms with Gasteiger partial charge in [0.1, 0.15) is 4.90 Å². The summed E-state index contributed by atoms with van der Waals surface area (Å²) in [7, 11) is -3.85. The lowest BCUT2D eigenvalue weighted by Crippen LogP contribution is -2.46. The van der Waals surface area contributed by atoms with Crippen molar-refractivity contribution in [1.82, 2.24) is 19.5 Å². The first-order chi connectivity index (χ1) is 16.2. The average Bonchev–Trinajstić information content (AvgIpc) is 3.14. The molecule has 9 heteroatoms. The monoisotopic (exact) mass is 492 g/mol. The van der Waals surface area contributed by atoms with E-state index >= 15 is 0 Å². The lowest BCUT2D eigenvalue weighted by Gasteiger charge is -2.33. The summed E-state index contributed by atoms with van der Waals surface area (Å²) in [5, 5.41) is 3.21. The van der Waals surface area contributed by atoms with Crippen molar-refractivity contribution in [1.29, 1.82) is 0 Å². The van der Waals surface area contributed by atoms with Gasteiger partial charge in [-0.05, 0) is 77.6 Å². The highest BCUT2D eigenvalue weighted by molar-refractivity contribution is 7.89. The van der Waals surface area contributed by atoms with Crippen LogP contribution in [0.25, 0.3) is 0 Å². The zero-order valence-corrected chi connectivity index (χ0v) is 21.7. The van der Waals surface area contributed by atoms with Crippen molar-refractivity contribution >= 4 is 21.8 Å². The topological polar surface area (TPSA) is 103 Å². The summed E-state index contributed by atoms with van der Waals surface area (Å²) < 4.78 is 28.8. The number of piperidine rings is 2. The van der Waals surface area contributed by atoms with E-state index in [2.05, 4.69) is 17.2 Å². The van der Waals surface area contributed by atoms with Crippen LogP contribution in [0.2, 0.25) is 0 Å². The van der Waals surface area contributed by atoms with Crippen molar-refractivity contribution in [3.05, 3.63) is 17.0 Å². The molecule has 2 saturated heterocycles. The molecule has 3 aliphatic rings. The molecule has 34 heavy (non-hydrogen) atoms. The van der Waals surface area contributed by atoms with Gasteiger partial charge in [-0.15, -0.1) is 0 Å². The maximum Gasteiger partial charge on any atom is 0.257 e. The Morgan fingerprint density at radius 3 is 2.12 bits per heavy atom. The lowest BCUT2D eigenvalue weighted by molar-refractivity contribution is -0.127. The Hall–Kier alpha value is -1.87. The van der Waals surface area contributed by atoms with E-state index in [1.807, 2.05) is 0 Å². The second kappa shape index (κ2) is 10.4. The van der Waals surface area contributed by atoms with Gasteiger partial charge in [-0.1, -0.05) is 6.92 Å². The molecule has 0 radical (unpaired) electrons. The van der Waals surface area contributed by atoms with Crippen molar-refractivity contribution in [2.75, 3.05) is 26.2 Å². The summed E-state index contributed by atoms with van der Waals surface area (Å²) in [4.78, 5) is 31.1. The molecule has 4 rings (SSSR count). The summed E-state index contributed by atoms with van der Waals surface area (Å²) in [6.45, 7) is 7.67. The van der Waals surface area contributed by atoms with Gasteiger partial charge in [0.15, 0.2) is 0 Å². The molecule has 0 spiro atoms. The Kier molecular flexibility index (Phi) is 7.72. The van der Waals surface area contributed by atoms with E-state index in [1.54, 1.807) is 18.7 Å². The number of hydrogen-bond donors (Lipinski definition) is 2. The third-order valence-corrected chi connectivity index (χ3v) is 10.0. The number of nitrogens with zero attached hydrogens (tertiary/aromatic N) is 2. The predicted molar refractivity (Wildman–Crippen MR) is 131 cm³/mol. The van der Waals surface area contributed by atoms with Crippen molar-refractivity contribution in [3.63, 3.8) is 0 Å². The van der Waals surface area contributed by atoms with E-state index in [4.69, 9.17) is 0 Å². The predicted octanol–water partition coefficient (Wildman–Crippen LogP) is 3.35. The first-order valence-electron chi connectivity index (χ1n) is 13.0. The second-order valence-electron chi connectivity index (χ2n) is 10.6. The molecule has 1 aromatic heterocycles. The number of rotatable bonds is 5. The number of amides is 2. The van der Waals surface area contributed by atoms with Crippen molar-refractivity contribution in [3.8, 4) is 0 Å². The summed E-state index contributed by atoms with van der Waals surface area (Å²) in [6.07, 6.45) is 8.36. The normalized spacial score (nSPS) is 25.3. The quantitative estimate of drug-likeness (QED) is 0.658. The van der Waals surface area contributed by atoms with E-state index in [9.17, 15) is 18.0 Å². The van der Waals surface area contributed by atoms with E-state index in [1.165, 1.54) is 4.31 Å². The van der Waals surface area contributed by atoms with Crippen LogP contribution in [0, 0.1) is 25.7 Å². The highest BCUT2D eigenvalue weighted by Crippen LogP contribution is 2.32. The molecule has 8 nitrogen and oxygen atoms in total. The van der Waals surface area contributed by atoms with Crippen LogP contribution in [0.5, 0.6) is 0 Å². The Balaban J connectivity index is 1.43. The van der Waals surface area contributed by atoms with Gasteiger partial charge < -0.3 is 15.2 Å². The summed E-state index contributed by atoms with van der Waals surface area (Å²) in [5.74, 6) is 0.436. The van der Waals surface area contributed by atoms with Gasteiger partial charge >= 0.3 is 0 Å². The Bertz CT molecular complexity index is 996. The molecule has 3 heterocycles. The third-order valence-electron chi connectivity index (χ3n) is 7.96. The first kappa shape index (κ1) is 25.2. The molecule has 0 unspecified atom stereocenters. The molecule has 1 aromatic rings. The molecule has 1 saturated carbocycles. The van der Waals surface area contributed by atoms with E-state index in [0.717, 1.165) is 50.9 Å². The van der Waals surface area contributed by atoms with Crippen LogP contribution in [-0.2, 0) is 14.8 Å². The minimum Gasteiger partial charge on any atom is -0.361 e. The van der Waals surface area contributed by atoms with Crippen LogP contribution in [0.15, 0.2) is 4.90 Å². The molecule has 0 bridgehead atoms. The third kappa shape index (κ3) is 5.20. The van der Waals surface area contributed by atoms with Gasteiger partial charge in [-0.2, -0.15) is 4.31 Å². The van der Waals surface area contributed by atoms with Crippen LogP contribution in [0.3, 0.4) is 0 Å². The fraction of sp³-hybridized carbons (Fsp3) is 0.760. The van der Waals surface area contributed by atoms with E-state index in [0.29, 0.717) is 50.4 Å². The maximum atomic E-state index is 13.7. The molecule has 2 N–H and O–H groups in total. The summed E-state index contributed by atoms with van der Waals surface area (Å²) >= 11 is 0. The number of aromatic amines is 1. The van der Waals surface area contributed by atoms with Crippen LogP contribution < -0.4 is 5.32 Å². The van der Waals surface area contributed by atoms with E-state index < -0.39 is 10.0 Å². The summed E-state index contributed by atoms with van der Waals surface area (Å²) in [6, 6.07) is 0.249. The fourth-order valence-electron chi connectivity index (χ4n) is 5.80. The second-order valence-corrected chi connectivity index (χ2v) is 12.5. The number of likely N-dealkylation sites (tertiary alicyclic amines) is 1. The van der Waals surface area contributed by atoms with Gasteiger partial charge in [-0.25, -0.2) is 8.42 Å². The smallest absolute Gasteiger partial charge is 0.257 e. The number of aryl methyl sites for hydroxylation is 2. The average molecular weight is 493 g/mol. The van der Waals surface area contributed by atoms with Crippen LogP contribution >= 0.6 is 0 Å². The van der Waals surface area contributed by atoms with Crippen molar-refractivity contribution in [2.24, 2.45) is 11.8 Å². The number of sulfonamides is 1. The van der Waals surface area contributed by atoms with Crippen LogP contribution in [0.1, 0.15) is 86.5 Å². The number of nitrogens with one attached hydrogen (secondary N) is 2. The highest BCUT2D eigenvalue weighted by atomic mass is 32.2. The SMILES string of the molecule is Cc1[nH]c(C)c(S(=O)(=O)N2CCC(C(=O)NC3CCC(C)CC3)CC2)c1C(=O)N1CCCCC1. The maximum absolute atomic E-state index is 13.7. The van der Waals surface area contributed by atoms with Crippen LogP contribution in [-0.4, -0.2) is 66.6 Å². The molecule has 3 fully saturated rings. The highest BCUT2D eigenvalue weighted by Gasteiger charge is 2.38. The summed E-state index contributed by atoms with van der Waals surface area (Å²) in [5.41, 5.74) is 1.39. The van der Waals surface area contributed by atoms with Gasteiger partial charge in [0.2, 0.25) is 15.9 Å². The largest absolute Gasteiger partial charge is 0.361 e. The van der Waals surface area contributed by atoms with Crippen molar-refractivity contribution < 1.29 is 18.0 Å².